The molecule has 0 aliphatic carbocycles. The Hall–Kier alpha value is -6.22. The summed E-state index contributed by atoms with van der Waals surface area (Å²) >= 11 is 0. The van der Waals surface area contributed by atoms with Crippen molar-refractivity contribution < 1.29 is 50.3 Å². The van der Waals surface area contributed by atoms with E-state index in [1.54, 1.807) is 12.3 Å². The number of H-pyrrole nitrogens is 1. The van der Waals surface area contributed by atoms with Crippen molar-refractivity contribution >= 4 is 56.1 Å². The summed E-state index contributed by atoms with van der Waals surface area (Å²) in [6.45, 7) is 2.76. The van der Waals surface area contributed by atoms with Crippen LogP contribution in [0.5, 0.6) is 0 Å². The second-order valence-electron chi connectivity index (χ2n) is 16.4. The highest BCUT2D eigenvalue weighted by atomic mass is 32.2. The lowest BCUT2D eigenvalue weighted by Gasteiger charge is -2.36. The van der Waals surface area contributed by atoms with Gasteiger partial charge in [-0.1, -0.05) is 12.1 Å². The lowest BCUT2D eigenvalue weighted by Crippen LogP contribution is -2.52. The molecule has 0 unspecified atom stereocenters. The Morgan fingerprint density at radius 3 is 2.42 bits per heavy atom. The standard InChI is InChI=1S/C44H42F4N8O7S/c45-27-9-12-55(23-27)64(62,63)52-35-6-5-33(46)39(40(35)48)41(59)32-21-50-42-30(32)17-25(20-49-42)24-1-3-28(4-2-24)54-15-13-53(14-16-54)11-10-37(57)31-18-26-22-56(44(61)29(26)19-34(31)47)36-7-8-38(58)51-43(36)60/h1-6,17-21,27,36-37,52,57H,7-16,22-23H2,(H,49,50)(H,51,58,60)/t27-,36+,37+/m1/s1. The maximum absolute atomic E-state index is 15.7. The number of piperazine rings is 1. The first-order valence-corrected chi connectivity index (χ1v) is 22.2. The largest absolute Gasteiger partial charge is 0.388 e. The van der Waals surface area contributed by atoms with Crippen LogP contribution in [0.25, 0.3) is 22.2 Å². The van der Waals surface area contributed by atoms with Gasteiger partial charge in [-0.25, -0.2) is 22.5 Å². The zero-order chi connectivity index (χ0) is 45.0. The number of rotatable bonds is 12. The minimum absolute atomic E-state index is 0.0140. The van der Waals surface area contributed by atoms with E-state index in [2.05, 4.69) is 25.1 Å². The molecular formula is C44H42F4N8O7S. The van der Waals surface area contributed by atoms with E-state index in [9.17, 15) is 37.1 Å². The monoisotopic (exact) mass is 902 g/mol. The highest BCUT2D eigenvalue weighted by Gasteiger charge is 2.40. The van der Waals surface area contributed by atoms with Crippen LogP contribution in [0, 0.1) is 17.5 Å². The van der Waals surface area contributed by atoms with E-state index in [0.29, 0.717) is 43.9 Å². The van der Waals surface area contributed by atoms with Gasteiger partial charge in [-0.3, -0.25) is 34.1 Å². The summed E-state index contributed by atoms with van der Waals surface area (Å²) in [6, 6.07) is 12.8. The number of imide groups is 1. The first-order chi connectivity index (χ1) is 30.6. The van der Waals surface area contributed by atoms with Gasteiger partial charge >= 0.3 is 10.2 Å². The van der Waals surface area contributed by atoms with Crippen LogP contribution in [0.2, 0.25) is 0 Å². The molecule has 0 bridgehead atoms. The number of nitrogens with zero attached hydrogens (tertiary/aromatic N) is 5. The van der Waals surface area contributed by atoms with Crippen molar-refractivity contribution in [3.63, 3.8) is 0 Å². The molecule has 3 atom stereocenters. The first-order valence-electron chi connectivity index (χ1n) is 20.8. The van der Waals surface area contributed by atoms with Crippen LogP contribution in [-0.4, -0.2) is 119 Å². The summed E-state index contributed by atoms with van der Waals surface area (Å²) in [4.78, 5) is 63.8. The van der Waals surface area contributed by atoms with Crippen molar-refractivity contribution in [3.05, 3.63) is 112 Å². The summed E-state index contributed by atoms with van der Waals surface area (Å²) in [5.41, 5.74) is 1.64. The Labute approximate surface area is 364 Å². The maximum Gasteiger partial charge on any atom is 0.301 e. The summed E-state index contributed by atoms with van der Waals surface area (Å²) in [6.07, 6.45) is 0.914. The number of hydrogen-bond donors (Lipinski definition) is 4. The van der Waals surface area contributed by atoms with Crippen LogP contribution in [0.3, 0.4) is 0 Å². The number of pyridine rings is 1. The van der Waals surface area contributed by atoms with Gasteiger partial charge in [0, 0.05) is 104 Å². The van der Waals surface area contributed by atoms with Crippen LogP contribution in [0.15, 0.2) is 67.0 Å². The molecule has 3 aromatic carbocycles. The molecule has 15 nitrogen and oxygen atoms in total. The average Bonchev–Trinajstić information content (AvgIpc) is 4.00. The third kappa shape index (κ3) is 8.21. The van der Waals surface area contributed by atoms with Crippen LogP contribution in [0.4, 0.5) is 28.9 Å². The fourth-order valence-corrected chi connectivity index (χ4v) is 10.1. The molecule has 2 aromatic heterocycles. The molecule has 0 radical (unpaired) electrons. The molecule has 64 heavy (non-hydrogen) atoms. The van der Waals surface area contributed by atoms with Crippen LogP contribution < -0.4 is 14.9 Å². The third-order valence-corrected chi connectivity index (χ3v) is 13.9. The number of fused-ring (bicyclic) bond motifs is 2. The van der Waals surface area contributed by atoms with Crippen LogP contribution in [-0.2, 0) is 26.3 Å². The van der Waals surface area contributed by atoms with Crippen molar-refractivity contribution in [2.75, 3.05) is 55.4 Å². The van der Waals surface area contributed by atoms with E-state index in [1.807, 2.05) is 29.0 Å². The molecule has 0 saturated carbocycles. The number of aromatic amines is 1. The number of anilines is 2. The van der Waals surface area contributed by atoms with Crippen LogP contribution in [0.1, 0.15) is 69.2 Å². The number of amides is 3. The topological polar surface area (TPSA) is 188 Å². The first kappa shape index (κ1) is 43.1. The van der Waals surface area contributed by atoms with Gasteiger partial charge in [0.2, 0.25) is 17.6 Å². The summed E-state index contributed by atoms with van der Waals surface area (Å²) in [5.74, 6) is -5.80. The lowest BCUT2D eigenvalue weighted by molar-refractivity contribution is -0.136. The molecular weight excluding hydrogens is 861 g/mol. The summed E-state index contributed by atoms with van der Waals surface area (Å²) < 4.78 is 88.2. The number of piperidine rings is 1. The smallest absolute Gasteiger partial charge is 0.301 e. The lowest BCUT2D eigenvalue weighted by atomic mass is 9.99. The van der Waals surface area contributed by atoms with Crippen molar-refractivity contribution in [1.82, 2.24) is 29.4 Å². The van der Waals surface area contributed by atoms with Crippen molar-refractivity contribution in [2.24, 2.45) is 0 Å². The SMILES string of the molecule is O=C1CC[C@H](N2Cc3cc([C@@H](O)CCN4CCN(c5ccc(-c6cnc7[nH]cc(C(=O)c8c(F)ccc(NS(=O)(=O)N9CC[C@@H](F)C9)c8F)c7c6)cc5)CC4)c(F)cc3C2=O)C(=O)N1. The molecule has 9 rings (SSSR count). The normalized spacial score (nSPS) is 20.2. The average molecular weight is 903 g/mol. The Bertz CT molecular complexity index is 2820. The Morgan fingerprint density at radius 1 is 0.938 bits per heavy atom. The van der Waals surface area contributed by atoms with E-state index >= 15 is 13.2 Å². The van der Waals surface area contributed by atoms with E-state index in [1.165, 1.54) is 17.2 Å². The zero-order valence-corrected chi connectivity index (χ0v) is 34.9. The highest BCUT2D eigenvalue weighted by molar-refractivity contribution is 7.90. The molecule has 3 fully saturated rings. The van der Waals surface area contributed by atoms with Gasteiger partial charge in [0.25, 0.3) is 5.91 Å². The van der Waals surface area contributed by atoms with E-state index in [4.69, 9.17) is 0 Å². The van der Waals surface area contributed by atoms with E-state index in [-0.39, 0.29) is 66.5 Å². The molecule has 5 aromatic rings. The number of carbonyl (C=O) groups excluding carboxylic acids is 4. The number of halogens is 4. The van der Waals surface area contributed by atoms with Gasteiger partial charge in [0.1, 0.15) is 29.5 Å². The molecule has 334 valence electrons. The van der Waals surface area contributed by atoms with Gasteiger partial charge in [-0.15, -0.1) is 0 Å². The molecule has 20 heteroatoms. The molecule has 3 amide bonds. The Kier molecular flexibility index (Phi) is 11.5. The number of carbonyl (C=O) groups is 4. The number of aliphatic hydroxyl groups excluding tert-OH is 1. The second kappa shape index (κ2) is 17.1. The number of hydrogen-bond acceptors (Lipinski definition) is 10. The number of nitrogens with one attached hydrogen (secondary N) is 3. The summed E-state index contributed by atoms with van der Waals surface area (Å²) in [5, 5.41) is 13.6. The van der Waals surface area contributed by atoms with Crippen molar-refractivity contribution in [3.8, 4) is 11.1 Å². The minimum atomic E-state index is -4.38. The number of benzene rings is 3. The predicted molar refractivity (Wildman–Crippen MR) is 226 cm³/mol. The number of alkyl halides is 1. The fourth-order valence-electron chi connectivity index (χ4n) is 8.85. The van der Waals surface area contributed by atoms with Gasteiger partial charge < -0.3 is 19.9 Å². The number of aliphatic hydroxyl groups is 1. The molecule has 0 spiro atoms. The van der Waals surface area contributed by atoms with Crippen LogP contribution >= 0.6 is 0 Å². The Morgan fingerprint density at radius 2 is 1.70 bits per heavy atom. The fraction of sp³-hybridized carbons (Fsp3) is 0.341. The van der Waals surface area contributed by atoms with Gasteiger partial charge in [0.05, 0.1) is 17.4 Å². The van der Waals surface area contributed by atoms with Crippen molar-refractivity contribution in [2.45, 2.75) is 50.5 Å². The molecule has 3 saturated heterocycles. The second-order valence-corrected chi connectivity index (χ2v) is 18.1. The zero-order valence-electron chi connectivity index (χ0n) is 34.1. The maximum atomic E-state index is 15.7. The summed E-state index contributed by atoms with van der Waals surface area (Å²) in [7, 11) is -4.38. The van der Waals surface area contributed by atoms with Gasteiger partial charge in [-0.2, -0.15) is 12.7 Å². The number of ketones is 1. The third-order valence-electron chi connectivity index (χ3n) is 12.4. The van der Waals surface area contributed by atoms with Gasteiger partial charge in [0.15, 0.2) is 5.82 Å². The van der Waals surface area contributed by atoms with E-state index < -0.39 is 87.3 Å². The Balaban J connectivity index is 0.814. The van der Waals surface area contributed by atoms with E-state index in [0.717, 1.165) is 33.8 Å². The minimum Gasteiger partial charge on any atom is -0.388 e. The van der Waals surface area contributed by atoms with Gasteiger partial charge in [-0.05, 0) is 72.9 Å². The quantitative estimate of drug-likeness (QED) is 0.0784. The highest BCUT2D eigenvalue weighted by Crippen LogP contribution is 2.34. The van der Waals surface area contributed by atoms with Crippen molar-refractivity contribution in [1.29, 1.82) is 0 Å². The predicted octanol–water partition coefficient (Wildman–Crippen LogP) is 4.59. The molecule has 4 aliphatic rings. The molecule has 6 heterocycles. The molecule has 4 N–H and O–H groups in total. The molecule has 4 aliphatic heterocycles. The number of aromatic nitrogens is 2.